The van der Waals surface area contributed by atoms with E-state index in [2.05, 4.69) is 16.0 Å². The van der Waals surface area contributed by atoms with Crippen molar-refractivity contribution in [1.82, 2.24) is 21.3 Å². The number of nitrogens with two attached hydrogens (primary N) is 2. The van der Waals surface area contributed by atoms with E-state index in [1.54, 1.807) is 0 Å². The molecule has 1 atom stereocenters. The molecule has 0 saturated carbocycles. The van der Waals surface area contributed by atoms with Gasteiger partial charge in [-0.05, 0) is 0 Å². The summed E-state index contributed by atoms with van der Waals surface area (Å²) >= 11 is 0. The van der Waals surface area contributed by atoms with Crippen LogP contribution in [0.1, 0.15) is 6.42 Å². The van der Waals surface area contributed by atoms with Gasteiger partial charge in [-0.1, -0.05) is 0 Å². The van der Waals surface area contributed by atoms with Crippen molar-refractivity contribution in [2.24, 2.45) is 11.5 Å². The number of primary amides is 1. The average Bonchev–Trinajstić information content (AvgIpc) is 2.54. The standard InChI is InChI=1S/C12H20N6O7/c13-2-8(20)15-3-9(21)16-4-10(22)18-6(1-7(14)19)12(25)17-5-11(23)24/h6H,1-5,13H2,(H2,14,19)(H,15,20)(H,16,21)(H,17,25)(H,18,22)(H,23,24)/t6-/m0/s1. The molecule has 0 radical (unpaired) electrons. The summed E-state index contributed by atoms with van der Waals surface area (Å²) in [6.07, 6.45) is -0.558. The largest absolute Gasteiger partial charge is 0.480 e. The van der Waals surface area contributed by atoms with Gasteiger partial charge in [-0.25, -0.2) is 0 Å². The Bertz CT molecular complexity index is 550. The summed E-state index contributed by atoms with van der Waals surface area (Å²) in [5.74, 6) is -5.20. The van der Waals surface area contributed by atoms with E-state index in [1.807, 2.05) is 5.32 Å². The van der Waals surface area contributed by atoms with Gasteiger partial charge in [0.25, 0.3) is 0 Å². The lowest BCUT2D eigenvalue weighted by atomic mass is 10.2. The van der Waals surface area contributed by atoms with Crippen molar-refractivity contribution in [3.8, 4) is 0 Å². The van der Waals surface area contributed by atoms with E-state index in [0.717, 1.165) is 0 Å². The third kappa shape index (κ3) is 11.0. The van der Waals surface area contributed by atoms with Gasteiger partial charge in [-0.3, -0.25) is 28.8 Å². The molecular weight excluding hydrogens is 340 g/mol. The molecule has 0 aliphatic carbocycles. The molecule has 0 rings (SSSR count). The van der Waals surface area contributed by atoms with E-state index in [4.69, 9.17) is 16.6 Å². The van der Waals surface area contributed by atoms with Crippen LogP contribution >= 0.6 is 0 Å². The Hall–Kier alpha value is -3.22. The lowest BCUT2D eigenvalue weighted by molar-refractivity contribution is -0.138. The fourth-order valence-electron chi connectivity index (χ4n) is 1.43. The summed E-state index contributed by atoms with van der Waals surface area (Å²) in [6, 6.07) is -1.39. The monoisotopic (exact) mass is 360 g/mol. The number of hydrogen-bond acceptors (Lipinski definition) is 7. The number of hydrogen-bond donors (Lipinski definition) is 7. The Labute approximate surface area is 141 Å². The van der Waals surface area contributed by atoms with Gasteiger partial charge in [0.1, 0.15) is 12.6 Å². The van der Waals surface area contributed by atoms with E-state index in [-0.39, 0.29) is 6.54 Å². The van der Waals surface area contributed by atoms with E-state index >= 15 is 0 Å². The van der Waals surface area contributed by atoms with Crippen molar-refractivity contribution in [3.05, 3.63) is 0 Å². The van der Waals surface area contributed by atoms with Crippen LogP contribution in [0.5, 0.6) is 0 Å². The first-order valence-corrected chi connectivity index (χ1v) is 6.96. The summed E-state index contributed by atoms with van der Waals surface area (Å²) in [6.45, 7) is -1.94. The van der Waals surface area contributed by atoms with E-state index < -0.39 is 67.6 Å². The van der Waals surface area contributed by atoms with Crippen LogP contribution in [0.15, 0.2) is 0 Å². The summed E-state index contributed by atoms with van der Waals surface area (Å²) in [7, 11) is 0. The van der Waals surface area contributed by atoms with Gasteiger partial charge >= 0.3 is 5.97 Å². The van der Waals surface area contributed by atoms with Crippen molar-refractivity contribution >= 4 is 35.5 Å². The molecule has 0 aromatic rings. The molecule has 0 bridgehead atoms. The molecule has 0 unspecified atom stereocenters. The van der Waals surface area contributed by atoms with Crippen LogP contribution in [0.3, 0.4) is 0 Å². The molecule has 13 nitrogen and oxygen atoms in total. The van der Waals surface area contributed by atoms with Gasteiger partial charge < -0.3 is 37.8 Å². The Morgan fingerprint density at radius 3 is 1.92 bits per heavy atom. The minimum absolute atomic E-state index is 0.298. The number of rotatable bonds is 11. The van der Waals surface area contributed by atoms with Crippen LogP contribution in [-0.4, -0.2) is 72.8 Å². The molecule has 5 amide bonds. The highest BCUT2D eigenvalue weighted by molar-refractivity contribution is 5.94. The highest BCUT2D eigenvalue weighted by Gasteiger charge is 2.23. The van der Waals surface area contributed by atoms with Crippen molar-refractivity contribution in [3.63, 3.8) is 0 Å². The topological polar surface area (TPSA) is 223 Å². The molecular formula is C12H20N6O7. The van der Waals surface area contributed by atoms with Gasteiger partial charge in [0.15, 0.2) is 0 Å². The average molecular weight is 360 g/mol. The quantitative estimate of drug-likeness (QED) is 0.188. The number of nitrogens with one attached hydrogen (secondary N) is 4. The molecule has 0 saturated heterocycles. The van der Waals surface area contributed by atoms with Gasteiger partial charge in [0.2, 0.25) is 29.5 Å². The zero-order chi connectivity index (χ0) is 19.4. The van der Waals surface area contributed by atoms with E-state index in [9.17, 15) is 28.8 Å². The molecule has 0 aromatic heterocycles. The number of carboxylic acids is 1. The second-order valence-corrected chi connectivity index (χ2v) is 4.66. The first kappa shape index (κ1) is 21.8. The van der Waals surface area contributed by atoms with Gasteiger partial charge in [0.05, 0.1) is 26.1 Å². The van der Waals surface area contributed by atoms with Gasteiger partial charge in [-0.15, -0.1) is 0 Å². The second kappa shape index (κ2) is 11.3. The van der Waals surface area contributed by atoms with E-state index in [1.165, 1.54) is 0 Å². The third-order valence-corrected chi connectivity index (χ3v) is 2.55. The smallest absolute Gasteiger partial charge is 0.322 e. The number of carbonyl (C=O) groups is 6. The predicted octanol–water partition coefficient (Wildman–Crippen LogP) is -5.26. The van der Waals surface area contributed by atoms with Crippen molar-refractivity contribution in [2.45, 2.75) is 12.5 Å². The van der Waals surface area contributed by atoms with Crippen molar-refractivity contribution < 1.29 is 33.9 Å². The Morgan fingerprint density at radius 1 is 0.840 bits per heavy atom. The summed E-state index contributed by atoms with van der Waals surface area (Å²) in [4.78, 5) is 67.0. The van der Waals surface area contributed by atoms with Crippen LogP contribution in [-0.2, 0) is 28.8 Å². The van der Waals surface area contributed by atoms with Crippen LogP contribution in [0.4, 0.5) is 0 Å². The number of carboxylic acid groups (broad SMARTS) is 1. The number of aliphatic carboxylic acids is 1. The van der Waals surface area contributed by atoms with Crippen molar-refractivity contribution in [2.75, 3.05) is 26.2 Å². The molecule has 0 heterocycles. The maximum absolute atomic E-state index is 11.7. The van der Waals surface area contributed by atoms with Gasteiger partial charge in [0, 0.05) is 0 Å². The minimum atomic E-state index is -1.39. The highest BCUT2D eigenvalue weighted by atomic mass is 16.4. The summed E-state index contributed by atoms with van der Waals surface area (Å²) in [5, 5.41) is 16.9. The van der Waals surface area contributed by atoms with Gasteiger partial charge in [-0.2, -0.15) is 0 Å². The molecule has 0 aliphatic heterocycles. The summed E-state index contributed by atoms with van der Waals surface area (Å²) < 4.78 is 0. The zero-order valence-electron chi connectivity index (χ0n) is 13.2. The SMILES string of the molecule is NCC(=O)NCC(=O)NCC(=O)N[C@@H](CC(N)=O)C(=O)NCC(=O)O. The fraction of sp³-hybridized carbons (Fsp3) is 0.500. The van der Waals surface area contributed by atoms with E-state index in [0.29, 0.717) is 0 Å². The summed E-state index contributed by atoms with van der Waals surface area (Å²) in [5.41, 5.74) is 9.99. The third-order valence-electron chi connectivity index (χ3n) is 2.55. The molecule has 25 heavy (non-hydrogen) atoms. The van der Waals surface area contributed by atoms with Crippen LogP contribution in [0.25, 0.3) is 0 Å². The molecule has 0 aromatic carbocycles. The molecule has 9 N–H and O–H groups in total. The molecule has 140 valence electrons. The second-order valence-electron chi connectivity index (χ2n) is 4.66. The maximum Gasteiger partial charge on any atom is 0.322 e. The molecule has 0 aliphatic rings. The molecule has 0 fully saturated rings. The molecule has 0 spiro atoms. The Morgan fingerprint density at radius 2 is 1.40 bits per heavy atom. The number of carbonyl (C=O) groups excluding carboxylic acids is 5. The normalized spacial score (nSPS) is 10.9. The Kier molecular flexibility index (Phi) is 9.88. The first-order chi connectivity index (χ1) is 11.6. The van der Waals surface area contributed by atoms with Crippen molar-refractivity contribution in [1.29, 1.82) is 0 Å². The highest BCUT2D eigenvalue weighted by Crippen LogP contribution is 1.92. The Balaban J connectivity index is 4.43. The van der Waals surface area contributed by atoms with Crippen LogP contribution < -0.4 is 32.7 Å². The van der Waals surface area contributed by atoms with Crippen LogP contribution in [0.2, 0.25) is 0 Å². The lowest BCUT2D eigenvalue weighted by Gasteiger charge is -2.16. The molecule has 13 heteroatoms. The minimum Gasteiger partial charge on any atom is -0.480 e. The zero-order valence-corrected chi connectivity index (χ0v) is 13.2. The first-order valence-electron chi connectivity index (χ1n) is 6.96. The predicted molar refractivity (Wildman–Crippen MR) is 81.5 cm³/mol. The van der Waals surface area contributed by atoms with Crippen LogP contribution in [0, 0.1) is 0 Å². The fourth-order valence-corrected chi connectivity index (χ4v) is 1.43. The number of amides is 5. The lowest BCUT2D eigenvalue weighted by Crippen LogP contribution is -2.52. The maximum atomic E-state index is 11.7.